The molecule has 8 atom stereocenters. The van der Waals surface area contributed by atoms with Crippen LogP contribution in [-0.2, 0) is 14.3 Å². The molecule has 32 heavy (non-hydrogen) atoms. The lowest BCUT2D eigenvalue weighted by Crippen LogP contribution is -2.67. The summed E-state index contributed by atoms with van der Waals surface area (Å²) in [6, 6.07) is 0. The quantitative estimate of drug-likeness (QED) is 0.456. The van der Waals surface area contributed by atoms with Crippen LogP contribution >= 0.6 is 11.6 Å². The highest BCUT2D eigenvalue weighted by atomic mass is 35.5. The van der Waals surface area contributed by atoms with Gasteiger partial charge in [0, 0.05) is 22.6 Å². The summed E-state index contributed by atoms with van der Waals surface area (Å²) in [4.78, 5) is 24.4. The molecule has 4 aliphatic rings. The number of alkyl halides is 2. The summed E-state index contributed by atoms with van der Waals surface area (Å²) < 4.78 is 28.3. The summed E-state index contributed by atoms with van der Waals surface area (Å²) in [6.45, 7) is 7.34. The van der Waals surface area contributed by atoms with Crippen LogP contribution < -0.4 is 0 Å². The molecule has 0 aromatic carbocycles. The minimum Gasteiger partial charge on any atom is -0.432 e. The van der Waals surface area contributed by atoms with E-state index in [0.29, 0.717) is 31.6 Å². The van der Waals surface area contributed by atoms with Crippen molar-refractivity contribution >= 4 is 23.5 Å². The number of ketones is 1. The van der Waals surface area contributed by atoms with E-state index in [1.807, 2.05) is 6.92 Å². The highest BCUT2D eigenvalue weighted by molar-refractivity contribution is 6.17. The zero-order valence-corrected chi connectivity index (χ0v) is 20.0. The molecule has 5 nitrogen and oxygen atoms in total. The van der Waals surface area contributed by atoms with Crippen molar-refractivity contribution in [2.75, 3.05) is 5.88 Å². The van der Waals surface area contributed by atoms with Crippen LogP contribution in [0, 0.1) is 28.6 Å². The van der Waals surface area contributed by atoms with E-state index >= 15 is 4.39 Å². The first-order valence-corrected chi connectivity index (χ1v) is 12.3. The zero-order chi connectivity index (χ0) is 23.5. The maximum Gasteiger partial charge on any atom is 0.508 e. The van der Waals surface area contributed by atoms with Crippen LogP contribution in [-0.4, -0.2) is 46.9 Å². The van der Waals surface area contributed by atoms with Crippen LogP contribution in [0.3, 0.4) is 0 Å². The highest BCUT2D eigenvalue weighted by Crippen LogP contribution is 2.69. The second-order valence-corrected chi connectivity index (χ2v) is 11.1. The molecule has 3 fully saturated rings. The molecular formula is C25H34ClFO5. The molecule has 178 valence electrons. The number of aliphatic hydroxyl groups excluding tert-OH is 1. The predicted molar refractivity (Wildman–Crippen MR) is 119 cm³/mol. The molecule has 7 heteroatoms. The predicted octanol–water partition coefficient (Wildman–Crippen LogP) is 5.14. The van der Waals surface area contributed by atoms with Crippen molar-refractivity contribution in [3.8, 4) is 0 Å². The first-order valence-electron chi connectivity index (χ1n) is 11.7. The molecule has 0 aromatic rings. The summed E-state index contributed by atoms with van der Waals surface area (Å²) in [7, 11) is 0. The molecule has 0 unspecified atom stereocenters. The van der Waals surface area contributed by atoms with Gasteiger partial charge in [-0.3, -0.25) is 4.79 Å². The largest absolute Gasteiger partial charge is 0.508 e. The molecule has 3 saturated carbocycles. The van der Waals surface area contributed by atoms with E-state index in [9.17, 15) is 14.7 Å². The second kappa shape index (κ2) is 8.12. The fourth-order valence-corrected chi connectivity index (χ4v) is 7.82. The maximum absolute atomic E-state index is 17.2. The van der Waals surface area contributed by atoms with Crippen LogP contribution in [0.25, 0.3) is 0 Å². The van der Waals surface area contributed by atoms with E-state index in [1.54, 1.807) is 26.8 Å². The average molecular weight is 469 g/mol. The van der Waals surface area contributed by atoms with Crippen molar-refractivity contribution in [1.82, 2.24) is 0 Å². The van der Waals surface area contributed by atoms with E-state index in [-0.39, 0.29) is 30.1 Å². The molecule has 0 aliphatic heterocycles. The van der Waals surface area contributed by atoms with Gasteiger partial charge in [-0.25, -0.2) is 9.18 Å². The van der Waals surface area contributed by atoms with Crippen molar-refractivity contribution in [2.45, 2.75) is 83.8 Å². The third kappa shape index (κ3) is 3.27. The van der Waals surface area contributed by atoms with Gasteiger partial charge in [0.2, 0.25) is 0 Å². The Kier molecular flexibility index (Phi) is 6.03. The van der Waals surface area contributed by atoms with Gasteiger partial charge in [0.25, 0.3) is 0 Å². The number of hydrogen-bond donors (Lipinski definition) is 1. The molecule has 0 bridgehead atoms. The van der Waals surface area contributed by atoms with Gasteiger partial charge in [0.15, 0.2) is 11.5 Å². The molecule has 0 heterocycles. The standard InChI is InChI=1S/C25H34ClFO5/c1-14(2)31-22(30)32-21-15(3)11-19-18-6-5-16-12-17(28)7-8-23(16,4)25(18,27)20(29)13-24(19,21)9-10-26/h7-8,12,14-15,18-21,29H,5-6,9-11,13H2,1-4H3/t15-,18-,19-,20-,21+,23-,24-,25-/m0/s1. The number of rotatable bonds is 4. The Balaban J connectivity index is 1.74. The topological polar surface area (TPSA) is 72.8 Å². The van der Waals surface area contributed by atoms with Gasteiger partial charge < -0.3 is 14.6 Å². The lowest BCUT2D eigenvalue weighted by atomic mass is 9.45. The van der Waals surface area contributed by atoms with E-state index in [0.717, 1.165) is 5.57 Å². The summed E-state index contributed by atoms with van der Waals surface area (Å²) in [6.07, 6.45) is 4.35. The normalized spacial score (nSPS) is 45.1. The molecule has 0 saturated heterocycles. The number of allylic oxidation sites excluding steroid dienone is 4. The van der Waals surface area contributed by atoms with Crippen LogP contribution in [0.5, 0.6) is 0 Å². The summed E-state index contributed by atoms with van der Waals surface area (Å²) in [5, 5.41) is 11.4. The van der Waals surface area contributed by atoms with Crippen LogP contribution in [0.15, 0.2) is 23.8 Å². The minimum atomic E-state index is -1.90. The molecule has 1 N–H and O–H groups in total. The van der Waals surface area contributed by atoms with E-state index in [1.165, 1.54) is 12.2 Å². The van der Waals surface area contributed by atoms with Gasteiger partial charge in [0.05, 0.1) is 12.2 Å². The molecule has 4 aliphatic carbocycles. The average Bonchev–Trinajstić information content (AvgIpc) is 2.95. The molecule has 0 spiro atoms. The number of carbonyl (C=O) groups excluding carboxylic acids is 2. The molecule has 0 radical (unpaired) electrons. The van der Waals surface area contributed by atoms with Gasteiger partial charge in [0.1, 0.15) is 6.10 Å². The smallest absolute Gasteiger partial charge is 0.432 e. The third-order valence-electron chi connectivity index (χ3n) is 8.73. The lowest BCUT2D eigenvalue weighted by Gasteiger charge is -2.62. The summed E-state index contributed by atoms with van der Waals surface area (Å²) in [5.41, 5.74) is -2.79. The highest BCUT2D eigenvalue weighted by Gasteiger charge is 2.72. The molecule has 0 aromatic heterocycles. The van der Waals surface area contributed by atoms with E-state index in [2.05, 4.69) is 0 Å². The van der Waals surface area contributed by atoms with Gasteiger partial charge in [-0.1, -0.05) is 18.6 Å². The fourth-order valence-electron chi connectivity index (χ4n) is 7.47. The Morgan fingerprint density at radius 2 is 2.09 bits per heavy atom. The van der Waals surface area contributed by atoms with Crippen LogP contribution in [0.4, 0.5) is 9.18 Å². The van der Waals surface area contributed by atoms with E-state index < -0.39 is 40.8 Å². The van der Waals surface area contributed by atoms with Gasteiger partial charge >= 0.3 is 6.16 Å². The number of ether oxygens (including phenoxy) is 2. The molecule has 0 amide bonds. The van der Waals surface area contributed by atoms with Gasteiger partial charge in [-0.15, -0.1) is 11.6 Å². The number of carbonyl (C=O) groups is 2. The Morgan fingerprint density at radius 1 is 1.38 bits per heavy atom. The maximum atomic E-state index is 17.2. The Hall–Kier alpha value is -1.40. The van der Waals surface area contributed by atoms with Gasteiger partial charge in [-0.05, 0) is 76.9 Å². The SMILES string of the molecule is CC(C)OC(=O)O[C@@H]1[C@@H](C)C[C@H]2[C@@H]3CCC4=CC(=O)C=C[C@]4(C)[C@@]3(F)[C@@H](O)C[C@]12CCCl. The summed E-state index contributed by atoms with van der Waals surface area (Å²) >= 11 is 6.24. The number of fused-ring (bicyclic) bond motifs is 5. The van der Waals surface area contributed by atoms with Crippen molar-refractivity contribution < 1.29 is 28.6 Å². The Morgan fingerprint density at radius 3 is 2.75 bits per heavy atom. The lowest BCUT2D eigenvalue weighted by molar-refractivity contribution is -0.207. The fraction of sp³-hybridized carbons (Fsp3) is 0.760. The van der Waals surface area contributed by atoms with Gasteiger partial charge in [-0.2, -0.15) is 0 Å². The van der Waals surface area contributed by atoms with Crippen molar-refractivity contribution in [1.29, 1.82) is 0 Å². The Labute approximate surface area is 194 Å². The second-order valence-electron chi connectivity index (χ2n) is 10.7. The van der Waals surface area contributed by atoms with Crippen LogP contribution in [0.1, 0.15) is 59.8 Å². The monoisotopic (exact) mass is 468 g/mol. The minimum absolute atomic E-state index is 0.00861. The number of hydrogen-bond acceptors (Lipinski definition) is 5. The van der Waals surface area contributed by atoms with Crippen LogP contribution in [0.2, 0.25) is 0 Å². The van der Waals surface area contributed by atoms with Crippen molar-refractivity contribution in [3.05, 3.63) is 23.8 Å². The first kappa shape index (κ1) is 23.7. The third-order valence-corrected chi connectivity index (χ3v) is 8.92. The van der Waals surface area contributed by atoms with E-state index in [4.69, 9.17) is 21.1 Å². The molecular weight excluding hydrogens is 435 g/mol. The van der Waals surface area contributed by atoms with Crippen molar-refractivity contribution in [3.63, 3.8) is 0 Å². The number of aliphatic hydroxyl groups is 1. The number of halogens is 2. The first-order chi connectivity index (χ1) is 15.0. The van der Waals surface area contributed by atoms with Crippen molar-refractivity contribution in [2.24, 2.45) is 28.6 Å². The summed E-state index contributed by atoms with van der Waals surface area (Å²) in [5.74, 6) is -0.325. The zero-order valence-electron chi connectivity index (χ0n) is 19.3. The Bertz CT molecular complexity index is 855. The molecule has 4 rings (SSSR count).